The highest BCUT2D eigenvalue weighted by Gasteiger charge is 2.22. The summed E-state index contributed by atoms with van der Waals surface area (Å²) in [5.41, 5.74) is 0.256. The maximum atomic E-state index is 13.8. The first-order valence-electron chi connectivity index (χ1n) is 10.6. The van der Waals surface area contributed by atoms with Gasteiger partial charge in [-0.15, -0.1) is 0 Å². The van der Waals surface area contributed by atoms with Crippen LogP contribution < -0.4 is 20.7 Å². The molecule has 3 rings (SSSR count). The lowest BCUT2D eigenvalue weighted by Gasteiger charge is -2.31. The standard InChI is InChI=1S/C23H29FN4O3/c1-2-12-25-22(29)16-28-13-10-18(11-14-28)26-23(30)27-20-15-17(24)8-9-21(20)31-19-6-4-3-5-7-19/h3-9,15,18H,2,10-14,16H2,1H3,(H,25,29)(H2,26,27,30). The third kappa shape index (κ3) is 7.25. The fourth-order valence-corrected chi connectivity index (χ4v) is 3.41. The van der Waals surface area contributed by atoms with E-state index in [9.17, 15) is 14.0 Å². The number of carbonyl (C=O) groups is 2. The normalized spacial score (nSPS) is 14.6. The average molecular weight is 429 g/mol. The number of benzene rings is 2. The number of halogens is 1. The molecular formula is C23H29FN4O3. The van der Waals surface area contributed by atoms with Crippen molar-refractivity contribution in [3.63, 3.8) is 0 Å². The number of ether oxygens (including phenoxy) is 1. The molecule has 2 aromatic rings. The molecule has 0 unspecified atom stereocenters. The first-order valence-corrected chi connectivity index (χ1v) is 10.6. The smallest absolute Gasteiger partial charge is 0.319 e. The Bertz CT molecular complexity index is 870. The van der Waals surface area contributed by atoms with Gasteiger partial charge in [-0.1, -0.05) is 25.1 Å². The molecule has 3 N–H and O–H groups in total. The van der Waals surface area contributed by atoms with Gasteiger partial charge in [-0.3, -0.25) is 9.69 Å². The molecule has 3 amide bonds. The summed E-state index contributed by atoms with van der Waals surface area (Å²) in [6.07, 6.45) is 2.40. The van der Waals surface area contributed by atoms with Crippen molar-refractivity contribution >= 4 is 17.6 Å². The maximum Gasteiger partial charge on any atom is 0.319 e. The molecule has 0 aliphatic carbocycles. The van der Waals surface area contributed by atoms with E-state index in [1.807, 2.05) is 25.1 Å². The molecule has 1 heterocycles. The van der Waals surface area contributed by atoms with Crippen LogP contribution in [0.4, 0.5) is 14.9 Å². The summed E-state index contributed by atoms with van der Waals surface area (Å²) < 4.78 is 19.5. The molecule has 2 aromatic carbocycles. The van der Waals surface area contributed by atoms with Crippen LogP contribution in [0.2, 0.25) is 0 Å². The summed E-state index contributed by atoms with van der Waals surface area (Å²) >= 11 is 0. The minimum absolute atomic E-state index is 0.0120. The number of hydrogen-bond donors (Lipinski definition) is 3. The van der Waals surface area contributed by atoms with Crippen molar-refractivity contribution in [1.29, 1.82) is 0 Å². The second-order valence-electron chi connectivity index (χ2n) is 7.55. The largest absolute Gasteiger partial charge is 0.455 e. The Morgan fingerprint density at radius 2 is 1.87 bits per heavy atom. The minimum Gasteiger partial charge on any atom is -0.455 e. The van der Waals surface area contributed by atoms with Crippen molar-refractivity contribution in [2.24, 2.45) is 0 Å². The molecule has 1 fully saturated rings. The number of hydrogen-bond acceptors (Lipinski definition) is 4. The summed E-state index contributed by atoms with van der Waals surface area (Å²) in [4.78, 5) is 26.4. The number of carbonyl (C=O) groups excluding carboxylic acids is 2. The summed E-state index contributed by atoms with van der Waals surface area (Å²) in [6, 6.07) is 12.7. The van der Waals surface area contributed by atoms with Gasteiger partial charge in [0.05, 0.1) is 12.2 Å². The van der Waals surface area contributed by atoms with Crippen LogP contribution >= 0.6 is 0 Å². The second-order valence-corrected chi connectivity index (χ2v) is 7.55. The Kier molecular flexibility index (Phi) is 8.23. The number of para-hydroxylation sites is 1. The molecule has 7 nitrogen and oxygen atoms in total. The Hall–Kier alpha value is -3.13. The molecule has 0 saturated carbocycles. The highest BCUT2D eigenvalue weighted by atomic mass is 19.1. The first kappa shape index (κ1) is 22.6. The van der Waals surface area contributed by atoms with E-state index in [0.29, 0.717) is 24.6 Å². The molecule has 1 aliphatic heterocycles. The highest BCUT2D eigenvalue weighted by molar-refractivity contribution is 5.91. The molecule has 31 heavy (non-hydrogen) atoms. The van der Waals surface area contributed by atoms with Crippen LogP contribution in [0.5, 0.6) is 11.5 Å². The quantitative estimate of drug-likeness (QED) is 0.598. The monoisotopic (exact) mass is 428 g/mol. The van der Waals surface area contributed by atoms with Gasteiger partial charge in [0.1, 0.15) is 11.6 Å². The van der Waals surface area contributed by atoms with E-state index in [1.165, 1.54) is 18.2 Å². The minimum atomic E-state index is -0.467. The second kappa shape index (κ2) is 11.3. The zero-order valence-corrected chi connectivity index (χ0v) is 17.7. The van der Waals surface area contributed by atoms with Crippen LogP contribution in [0.15, 0.2) is 48.5 Å². The average Bonchev–Trinajstić information content (AvgIpc) is 2.76. The van der Waals surface area contributed by atoms with Gasteiger partial charge >= 0.3 is 6.03 Å². The van der Waals surface area contributed by atoms with Crippen LogP contribution in [0.1, 0.15) is 26.2 Å². The van der Waals surface area contributed by atoms with E-state index in [-0.39, 0.29) is 17.6 Å². The highest BCUT2D eigenvalue weighted by Crippen LogP contribution is 2.30. The Balaban J connectivity index is 1.50. The molecule has 166 valence electrons. The van der Waals surface area contributed by atoms with Crippen LogP contribution in [-0.4, -0.2) is 49.1 Å². The zero-order chi connectivity index (χ0) is 22.1. The van der Waals surface area contributed by atoms with Gasteiger partial charge in [-0.2, -0.15) is 0 Å². The number of nitrogens with zero attached hydrogens (tertiary/aromatic N) is 1. The van der Waals surface area contributed by atoms with Crippen molar-refractivity contribution in [3.8, 4) is 11.5 Å². The summed E-state index contributed by atoms with van der Waals surface area (Å²) in [6.45, 7) is 4.54. The number of urea groups is 1. The molecule has 0 aromatic heterocycles. The van der Waals surface area contributed by atoms with Crippen LogP contribution in [0.25, 0.3) is 0 Å². The van der Waals surface area contributed by atoms with Crippen molar-refractivity contribution in [2.75, 3.05) is 31.5 Å². The van der Waals surface area contributed by atoms with Crippen LogP contribution in [-0.2, 0) is 4.79 Å². The predicted molar refractivity (Wildman–Crippen MR) is 118 cm³/mol. The third-order valence-electron chi connectivity index (χ3n) is 5.02. The van der Waals surface area contributed by atoms with E-state index in [0.717, 1.165) is 32.4 Å². The molecule has 8 heteroatoms. The topological polar surface area (TPSA) is 82.7 Å². The lowest BCUT2D eigenvalue weighted by molar-refractivity contribution is -0.122. The van der Waals surface area contributed by atoms with E-state index in [2.05, 4.69) is 20.9 Å². The van der Waals surface area contributed by atoms with Gasteiger partial charge < -0.3 is 20.7 Å². The van der Waals surface area contributed by atoms with Gasteiger partial charge in [0.2, 0.25) is 5.91 Å². The fraction of sp³-hybridized carbons (Fsp3) is 0.391. The zero-order valence-electron chi connectivity index (χ0n) is 17.7. The lowest BCUT2D eigenvalue weighted by atomic mass is 10.1. The van der Waals surface area contributed by atoms with Crippen LogP contribution in [0, 0.1) is 5.82 Å². The lowest BCUT2D eigenvalue weighted by Crippen LogP contribution is -2.48. The van der Waals surface area contributed by atoms with Crippen LogP contribution in [0.3, 0.4) is 0 Å². The van der Waals surface area contributed by atoms with E-state index >= 15 is 0 Å². The summed E-state index contributed by atoms with van der Waals surface area (Å²) in [5.74, 6) is 0.511. The van der Waals surface area contributed by atoms with Gasteiger partial charge in [0.25, 0.3) is 0 Å². The Morgan fingerprint density at radius 1 is 1.13 bits per heavy atom. The Labute approximate surface area is 182 Å². The van der Waals surface area contributed by atoms with Crippen molar-refractivity contribution in [1.82, 2.24) is 15.5 Å². The van der Waals surface area contributed by atoms with Crippen molar-refractivity contribution in [2.45, 2.75) is 32.2 Å². The first-order chi connectivity index (χ1) is 15.0. The maximum absolute atomic E-state index is 13.8. The molecule has 0 radical (unpaired) electrons. The molecule has 0 atom stereocenters. The van der Waals surface area contributed by atoms with Crippen molar-refractivity contribution in [3.05, 3.63) is 54.3 Å². The predicted octanol–water partition coefficient (Wildman–Crippen LogP) is 3.73. The fourth-order valence-electron chi connectivity index (χ4n) is 3.41. The SMILES string of the molecule is CCCNC(=O)CN1CCC(NC(=O)Nc2cc(F)ccc2Oc2ccccc2)CC1. The third-order valence-corrected chi connectivity index (χ3v) is 5.02. The number of piperidine rings is 1. The molecule has 0 spiro atoms. The number of amides is 3. The number of likely N-dealkylation sites (tertiary alicyclic amines) is 1. The molecule has 1 saturated heterocycles. The van der Waals surface area contributed by atoms with E-state index in [4.69, 9.17) is 4.74 Å². The van der Waals surface area contributed by atoms with Gasteiger partial charge in [-0.25, -0.2) is 9.18 Å². The Morgan fingerprint density at radius 3 is 2.58 bits per heavy atom. The summed E-state index contributed by atoms with van der Waals surface area (Å²) in [7, 11) is 0. The van der Waals surface area contributed by atoms with Gasteiger partial charge in [0.15, 0.2) is 5.75 Å². The summed E-state index contributed by atoms with van der Waals surface area (Å²) in [5, 5.41) is 8.50. The van der Waals surface area contributed by atoms with Gasteiger partial charge in [-0.05, 0) is 43.5 Å². The number of anilines is 1. The molecular weight excluding hydrogens is 399 g/mol. The van der Waals surface area contributed by atoms with Gasteiger partial charge in [0, 0.05) is 31.7 Å². The van der Waals surface area contributed by atoms with E-state index in [1.54, 1.807) is 12.1 Å². The number of nitrogens with one attached hydrogen (secondary N) is 3. The molecule has 0 bridgehead atoms. The number of rotatable bonds is 8. The van der Waals surface area contributed by atoms with E-state index < -0.39 is 11.8 Å². The van der Waals surface area contributed by atoms with Crippen molar-refractivity contribution < 1.29 is 18.7 Å². The molecule has 1 aliphatic rings.